The van der Waals surface area contributed by atoms with Crippen LogP contribution in [0.25, 0.3) is 0 Å². The van der Waals surface area contributed by atoms with Gasteiger partial charge in [0.05, 0.1) is 24.1 Å². The van der Waals surface area contributed by atoms with Crippen LogP contribution in [0.15, 0.2) is 72.9 Å². The molecule has 0 aliphatic carbocycles. The SMILES string of the molecule is CCOC(=O)c1ccc(NC(=O)c2ccc(NCc3ccccc3)cn2)cc1. The van der Waals surface area contributed by atoms with Crippen LogP contribution in [-0.2, 0) is 11.3 Å². The average molecular weight is 375 g/mol. The second kappa shape index (κ2) is 9.32. The number of esters is 1. The summed E-state index contributed by atoms with van der Waals surface area (Å²) >= 11 is 0. The van der Waals surface area contributed by atoms with Gasteiger partial charge in [-0.2, -0.15) is 0 Å². The van der Waals surface area contributed by atoms with Gasteiger partial charge >= 0.3 is 5.97 Å². The van der Waals surface area contributed by atoms with Crippen molar-refractivity contribution in [1.29, 1.82) is 0 Å². The zero-order valence-corrected chi connectivity index (χ0v) is 15.5. The molecule has 0 radical (unpaired) electrons. The van der Waals surface area contributed by atoms with Gasteiger partial charge < -0.3 is 15.4 Å². The Bertz CT molecular complexity index is 924. The van der Waals surface area contributed by atoms with Crippen molar-refractivity contribution in [3.8, 4) is 0 Å². The Morgan fingerprint density at radius 2 is 1.64 bits per heavy atom. The van der Waals surface area contributed by atoms with E-state index in [4.69, 9.17) is 4.74 Å². The largest absolute Gasteiger partial charge is 0.462 e. The van der Waals surface area contributed by atoms with Crippen molar-refractivity contribution in [2.75, 3.05) is 17.2 Å². The van der Waals surface area contributed by atoms with Gasteiger partial charge in [-0.25, -0.2) is 9.78 Å². The molecule has 0 aliphatic rings. The molecule has 0 unspecified atom stereocenters. The van der Waals surface area contributed by atoms with Crippen LogP contribution in [0.4, 0.5) is 11.4 Å². The van der Waals surface area contributed by atoms with Crippen LogP contribution in [0.2, 0.25) is 0 Å². The summed E-state index contributed by atoms with van der Waals surface area (Å²) in [5.41, 5.74) is 3.31. The van der Waals surface area contributed by atoms with Gasteiger partial charge in [0.15, 0.2) is 0 Å². The van der Waals surface area contributed by atoms with Gasteiger partial charge in [0, 0.05) is 12.2 Å². The average Bonchev–Trinajstić information content (AvgIpc) is 2.74. The first-order valence-corrected chi connectivity index (χ1v) is 8.98. The minimum Gasteiger partial charge on any atom is -0.462 e. The lowest BCUT2D eigenvalue weighted by atomic mass is 10.2. The third-order valence-corrected chi connectivity index (χ3v) is 3.99. The second-order valence-corrected chi connectivity index (χ2v) is 6.02. The van der Waals surface area contributed by atoms with Crippen LogP contribution in [0.5, 0.6) is 0 Å². The normalized spacial score (nSPS) is 10.2. The summed E-state index contributed by atoms with van der Waals surface area (Å²) in [4.78, 5) is 28.2. The van der Waals surface area contributed by atoms with Crippen LogP contribution in [0.1, 0.15) is 33.3 Å². The molecule has 1 amide bonds. The van der Waals surface area contributed by atoms with Crippen molar-refractivity contribution in [3.05, 3.63) is 89.7 Å². The molecule has 0 atom stereocenters. The molecule has 0 spiro atoms. The van der Waals surface area contributed by atoms with Crippen molar-refractivity contribution in [2.24, 2.45) is 0 Å². The zero-order chi connectivity index (χ0) is 19.8. The van der Waals surface area contributed by atoms with Crippen LogP contribution in [0.3, 0.4) is 0 Å². The number of hydrogen-bond donors (Lipinski definition) is 2. The molecule has 1 heterocycles. The van der Waals surface area contributed by atoms with Gasteiger partial charge in [0.1, 0.15) is 5.69 Å². The van der Waals surface area contributed by atoms with E-state index >= 15 is 0 Å². The number of nitrogens with zero attached hydrogens (tertiary/aromatic N) is 1. The van der Waals surface area contributed by atoms with E-state index in [0.29, 0.717) is 30.1 Å². The van der Waals surface area contributed by atoms with Gasteiger partial charge in [-0.15, -0.1) is 0 Å². The van der Waals surface area contributed by atoms with E-state index in [1.54, 1.807) is 43.5 Å². The number of carbonyl (C=O) groups is 2. The van der Waals surface area contributed by atoms with E-state index in [-0.39, 0.29) is 11.9 Å². The monoisotopic (exact) mass is 375 g/mol. The molecule has 6 nitrogen and oxygen atoms in total. The highest BCUT2D eigenvalue weighted by Gasteiger charge is 2.10. The first kappa shape index (κ1) is 19.1. The van der Waals surface area contributed by atoms with E-state index < -0.39 is 0 Å². The van der Waals surface area contributed by atoms with Crippen molar-refractivity contribution < 1.29 is 14.3 Å². The molecule has 0 fully saturated rings. The van der Waals surface area contributed by atoms with E-state index in [2.05, 4.69) is 15.6 Å². The minimum atomic E-state index is -0.388. The molecular formula is C22H21N3O3. The number of ether oxygens (including phenoxy) is 1. The number of anilines is 2. The van der Waals surface area contributed by atoms with Crippen molar-refractivity contribution in [3.63, 3.8) is 0 Å². The van der Waals surface area contributed by atoms with Gasteiger partial charge in [-0.3, -0.25) is 4.79 Å². The molecule has 6 heteroatoms. The summed E-state index contributed by atoms with van der Waals surface area (Å²) in [5.74, 6) is -0.709. The fraction of sp³-hybridized carbons (Fsp3) is 0.136. The smallest absolute Gasteiger partial charge is 0.338 e. The summed E-state index contributed by atoms with van der Waals surface area (Å²) < 4.78 is 4.94. The lowest BCUT2D eigenvalue weighted by molar-refractivity contribution is 0.0526. The lowest BCUT2D eigenvalue weighted by Gasteiger charge is -2.08. The predicted molar refractivity (Wildman–Crippen MR) is 108 cm³/mol. The molecule has 3 aromatic rings. The summed E-state index contributed by atoms with van der Waals surface area (Å²) in [6.45, 7) is 2.75. The first-order chi connectivity index (χ1) is 13.7. The molecule has 0 saturated heterocycles. The quantitative estimate of drug-likeness (QED) is 0.607. The maximum atomic E-state index is 12.3. The molecule has 0 aliphatic heterocycles. The summed E-state index contributed by atoms with van der Waals surface area (Å²) in [6.07, 6.45) is 1.63. The Labute approximate surface area is 163 Å². The molecule has 3 rings (SSSR count). The summed E-state index contributed by atoms with van der Waals surface area (Å²) in [7, 11) is 0. The van der Waals surface area contributed by atoms with Crippen molar-refractivity contribution in [2.45, 2.75) is 13.5 Å². The standard InChI is InChI=1S/C22H21N3O3/c1-2-28-22(27)17-8-10-18(11-9-17)25-21(26)20-13-12-19(15-24-20)23-14-16-6-4-3-5-7-16/h3-13,15,23H,2,14H2,1H3,(H,25,26). The number of carbonyl (C=O) groups excluding carboxylic acids is 2. The van der Waals surface area contributed by atoms with Crippen LogP contribution < -0.4 is 10.6 Å². The Kier molecular flexibility index (Phi) is 6.36. The third kappa shape index (κ3) is 5.17. The molecule has 2 N–H and O–H groups in total. The fourth-order valence-electron chi connectivity index (χ4n) is 2.53. The Balaban J connectivity index is 1.56. The number of nitrogens with one attached hydrogen (secondary N) is 2. The van der Waals surface area contributed by atoms with Gasteiger partial charge in [0.2, 0.25) is 0 Å². The maximum absolute atomic E-state index is 12.3. The summed E-state index contributed by atoms with van der Waals surface area (Å²) in [5, 5.41) is 6.03. The number of hydrogen-bond acceptors (Lipinski definition) is 5. The Morgan fingerprint density at radius 1 is 0.929 bits per heavy atom. The van der Waals surface area contributed by atoms with E-state index in [0.717, 1.165) is 11.3 Å². The van der Waals surface area contributed by atoms with Crippen LogP contribution in [0, 0.1) is 0 Å². The molecule has 28 heavy (non-hydrogen) atoms. The highest BCUT2D eigenvalue weighted by molar-refractivity contribution is 6.03. The third-order valence-electron chi connectivity index (χ3n) is 3.99. The van der Waals surface area contributed by atoms with Crippen molar-refractivity contribution >= 4 is 23.3 Å². The minimum absolute atomic E-state index is 0.305. The predicted octanol–water partition coefficient (Wildman–Crippen LogP) is 4.12. The highest BCUT2D eigenvalue weighted by atomic mass is 16.5. The molecule has 142 valence electrons. The van der Waals surface area contributed by atoms with Crippen molar-refractivity contribution in [1.82, 2.24) is 4.98 Å². The van der Waals surface area contributed by atoms with Crippen LogP contribution in [-0.4, -0.2) is 23.5 Å². The zero-order valence-electron chi connectivity index (χ0n) is 15.5. The lowest BCUT2D eigenvalue weighted by Crippen LogP contribution is -2.14. The first-order valence-electron chi connectivity index (χ1n) is 8.98. The molecule has 0 saturated carbocycles. The van der Waals surface area contributed by atoms with Gasteiger partial charge in [-0.1, -0.05) is 30.3 Å². The Hall–Kier alpha value is -3.67. The number of benzene rings is 2. The number of amides is 1. The van der Waals surface area contributed by atoms with E-state index in [9.17, 15) is 9.59 Å². The Morgan fingerprint density at radius 3 is 2.29 bits per heavy atom. The second-order valence-electron chi connectivity index (χ2n) is 6.02. The number of pyridine rings is 1. The summed E-state index contributed by atoms with van der Waals surface area (Å²) in [6, 6.07) is 20.0. The molecular weight excluding hydrogens is 354 g/mol. The molecule has 1 aromatic heterocycles. The maximum Gasteiger partial charge on any atom is 0.338 e. The van der Waals surface area contributed by atoms with E-state index in [1.807, 2.05) is 36.4 Å². The fourth-order valence-corrected chi connectivity index (χ4v) is 2.53. The van der Waals surface area contributed by atoms with Gasteiger partial charge in [-0.05, 0) is 48.9 Å². The van der Waals surface area contributed by atoms with E-state index in [1.165, 1.54) is 0 Å². The molecule has 2 aromatic carbocycles. The topological polar surface area (TPSA) is 80.3 Å². The highest BCUT2D eigenvalue weighted by Crippen LogP contribution is 2.13. The van der Waals surface area contributed by atoms with Gasteiger partial charge in [0.25, 0.3) is 5.91 Å². The number of rotatable bonds is 7. The van der Waals surface area contributed by atoms with Crippen LogP contribution >= 0.6 is 0 Å². The number of aromatic nitrogens is 1. The molecule has 0 bridgehead atoms.